The fourth-order valence-corrected chi connectivity index (χ4v) is 1.49. The molecule has 0 saturated heterocycles. The van der Waals surface area contributed by atoms with Crippen LogP contribution in [0.3, 0.4) is 0 Å². The Balaban J connectivity index is 3.60. The van der Waals surface area contributed by atoms with Crippen molar-refractivity contribution in [3.8, 4) is 5.75 Å². The molecule has 2 nitrogen and oxygen atoms in total. The fraction of sp³-hybridized carbons (Fsp3) is 0. The molecule has 0 amide bonds. The number of hydrogen-bond acceptors (Lipinski definition) is 2. The number of nitrogen functional groups attached to an aromatic ring is 1. The summed E-state index contributed by atoms with van der Waals surface area (Å²) in [5.74, 6) is -0.359. The van der Waals surface area contributed by atoms with Crippen molar-refractivity contribution >= 4 is 52.1 Å². The monoisotopic (exact) mass is 245 g/mol. The lowest BCUT2D eigenvalue weighted by molar-refractivity contribution is 0.476. The van der Waals surface area contributed by atoms with Crippen molar-refractivity contribution < 1.29 is 5.11 Å². The number of hydrogen-bond donors (Lipinski definition) is 2. The topological polar surface area (TPSA) is 46.2 Å². The summed E-state index contributed by atoms with van der Waals surface area (Å²) in [4.78, 5) is 0. The van der Waals surface area contributed by atoms with E-state index in [1.165, 1.54) is 0 Å². The molecule has 0 saturated carbocycles. The van der Waals surface area contributed by atoms with Crippen LogP contribution in [0.25, 0.3) is 0 Å². The molecule has 0 atom stereocenters. The van der Waals surface area contributed by atoms with Gasteiger partial charge in [0.25, 0.3) is 0 Å². The van der Waals surface area contributed by atoms with E-state index in [4.69, 9.17) is 52.1 Å². The van der Waals surface area contributed by atoms with Crippen LogP contribution in [0, 0.1) is 0 Å². The van der Waals surface area contributed by atoms with E-state index in [1.54, 1.807) is 0 Å². The molecule has 0 unspecified atom stereocenters. The van der Waals surface area contributed by atoms with E-state index in [-0.39, 0.29) is 31.5 Å². The Morgan fingerprint density at radius 3 is 1.50 bits per heavy atom. The number of rotatable bonds is 0. The molecule has 0 aliphatic carbocycles. The zero-order valence-corrected chi connectivity index (χ0v) is 8.56. The van der Waals surface area contributed by atoms with Gasteiger partial charge >= 0.3 is 0 Å². The molecule has 0 aliphatic rings. The van der Waals surface area contributed by atoms with Crippen molar-refractivity contribution in [1.29, 1.82) is 0 Å². The van der Waals surface area contributed by atoms with Crippen LogP contribution < -0.4 is 5.73 Å². The van der Waals surface area contributed by atoms with Crippen LogP contribution >= 0.6 is 46.4 Å². The summed E-state index contributed by atoms with van der Waals surface area (Å²) < 4.78 is 0. The molecule has 1 aromatic carbocycles. The number of phenols is 1. The van der Waals surface area contributed by atoms with Gasteiger partial charge in [-0.3, -0.25) is 0 Å². The molecule has 0 aliphatic heterocycles. The molecule has 0 bridgehead atoms. The first-order chi connectivity index (χ1) is 5.46. The van der Waals surface area contributed by atoms with Crippen LogP contribution in [0.15, 0.2) is 0 Å². The molecule has 0 radical (unpaired) electrons. The van der Waals surface area contributed by atoms with Gasteiger partial charge in [0.1, 0.15) is 10.0 Å². The molecule has 0 spiro atoms. The third-order valence-corrected chi connectivity index (χ3v) is 2.99. The molecule has 0 aromatic heterocycles. The number of nitrogens with two attached hydrogens (primary N) is 1. The maximum atomic E-state index is 9.20. The average molecular weight is 247 g/mol. The third kappa shape index (κ3) is 1.40. The van der Waals surface area contributed by atoms with Crippen LogP contribution in [0.2, 0.25) is 20.1 Å². The van der Waals surface area contributed by atoms with Crippen molar-refractivity contribution in [2.75, 3.05) is 5.73 Å². The zero-order chi connectivity index (χ0) is 9.46. The summed E-state index contributed by atoms with van der Waals surface area (Å²) in [5.41, 5.74) is 5.47. The molecule has 66 valence electrons. The van der Waals surface area contributed by atoms with Gasteiger partial charge in [-0.1, -0.05) is 46.4 Å². The smallest absolute Gasteiger partial charge is 0.156 e. The molecule has 3 N–H and O–H groups in total. The summed E-state index contributed by atoms with van der Waals surface area (Å²) in [5, 5.41) is 9.02. The lowest BCUT2D eigenvalue weighted by Crippen LogP contribution is -1.90. The largest absolute Gasteiger partial charge is 0.505 e. The Morgan fingerprint density at radius 1 is 0.833 bits per heavy atom. The minimum atomic E-state index is -0.359. The predicted molar refractivity (Wildman–Crippen MR) is 52.6 cm³/mol. The zero-order valence-electron chi connectivity index (χ0n) is 5.54. The van der Waals surface area contributed by atoms with Gasteiger partial charge in [0.2, 0.25) is 0 Å². The number of aromatic hydroxyl groups is 1. The van der Waals surface area contributed by atoms with Crippen molar-refractivity contribution in [2.24, 2.45) is 0 Å². The predicted octanol–water partition coefficient (Wildman–Crippen LogP) is 3.59. The van der Waals surface area contributed by atoms with Crippen LogP contribution in [0.4, 0.5) is 5.69 Å². The van der Waals surface area contributed by atoms with Crippen LogP contribution in [0.5, 0.6) is 5.75 Å². The van der Waals surface area contributed by atoms with Crippen LogP contribution in [-0.2, 0) is 0 Å². The second-order valence-corrected chi connectivity index (χ2v) is 3.53. The van der Waals surface area contributed by atoms with Crippen LogP contribution in [-0.4, -0.2) is 5.11 Å². The highest BCUT2D eigenvalue weighted by molar-refractivity contribution is 6.51. The van der Waals surface area contributed by atoms with Crippen molar-refractivity contribution in [3.63, 3.8) is 0 Å². The Labute approximate surface area is 88.8 Å². The summed E-state index contributed by atoms with van der Waals surface area (Å²) in [6.45, 7) is 0. The number of anilines is 1. The molecular formula is C6H3Cl4NO. The van der Waals surface area contributed by atoms with Gasteiger partial charge in [0.15, 0.2) is 5.75 Å². The lowest BCUT2D eigenvalue weighted by Gasteiger charge is -2.07. The van der Waals surface area contributed by atoms with E-state index < -0.39 is 0 Å². The van der Waals surface area contributed by atoms with Gasteiger partial charge in [-0.05, 0) is 0 Å². The quantitative estimate of drug-likeness (QED) is 0.418. The van der Waals surface area contributed by atoms with E-state index in [0.29, 0.717) is 0 Å². The highest BCUT2D eigenvalue weighted by Gasteiger charge is 2.17. The first kappa shape index (κ1) is 10.1. The normalized spacial score (nSPS) is 10.3. The molecular weight excluding hydrogens is 244 g/mol. The SMILES string of the molecule is Nc1c(Cl)c(Cl)c(O)c(Cl)c1Cl. The third-order valence-electron chi connectivity index (χ3n) is 1.27. The fourth-order valence-electron chi connectivity index (χ4n) is 0.637. The molecule has 0 fully saturated rings. The van der Waals surface area contributed by atoms with Gasteiger partial charge in [-0.25, -0.2) is 0 Å². The molecule has 6 heteroatoms. The summed E-state index contributed by atoms with van der Waals surface area (Å²) in [7, 11) is 0. The minimum Gasteiger partial charge on any atom is -0.505 e. The van der Waals surface area contributed by atoms with Crippen LogP contribution in [0.1, 0.15) is 0 Å². The average Bonchev–Trinajstić information content (AvgIpc) is 2.08. The summed E-state index contributed by atoms with van der Waals surface area (Å²) in [6.07, 6.45) is 0. The Morgan fingerprint density at radius 2 is 1.17 bits per heavy atom. The molecule has 12 heavy (non-hydrogen) atoms. The second-order valence-electron chi connectivity index (χ2n) is 2.02. The van der Waals surface area contributed by atoms with E-state index in [9.17, 15) is 5.11 Å². The summed E-state index contributed by atoms with van der Waals surface area (Å²) in [6, 6.07) is 0. The highest BCUT2D eigenvalue weighted by Crippen LogP contribution is 2.46. The van der Waals surface area contributed by atoms with Crippen molar-refractivity contribution in [1.82, 2.24) is 0 Å². The van der Waals surface area contributed by atoms with E-state index in [1.807, 2.05) is 0 Å². The Hall–Kier alpha value is -0.0200. The van der Waals surface area contributed by atoms with Gasteiger partial charge in [0, 0.05) is 0 Å². The number of benzene rings is 1. The van der Waals surface area contributed by atoms with Gasteiger partial charge < -0.3 is 10.8 Å². The van der Waals surface area contributed by atoms with Gasteiger partial charge in [-0.2, -0.15) is 0 Å². The highest BCUT2D eigenvalue weighted by atomic mass is 35.5. The van der Waals surface area contributed by atoms with E-state index in [2.05, 4.69) is 0 Å². The maximum absolute atomic E-state index is 9.20. The van der Waals surface area contributed by atoms with Crippen molar-refractivity contribution in [3.05, 3.63) is 20.1 Å². The van der Waals surface area contributed by atoms with Crippen molar-refractivity contribution in [2.45, 2.75) is 0 Å². The van der Waals surface area contributed by atoms with Gasteiger partial charge in [0.05, 0.1) is 15.7 Å². The standard InChI is InChI=1S/C6H3Cl4NO/c7-1-3(9)6(12)4(10)2(8)5(1)11/h12H,11H2. The first-order valence-electron chi connectivity index (χ1n) is 2.77. The number of halogens is 4. The van der Waals surface area contributed by atoms with E-state index in [0.717, 1.165) is 0 Å². The Kier molecular flexibility index (Phi) is 2.84. The second kappa shape index (κ2) is 3.38. The minimum absolute atomic E-state index is 0.00330. The number of phenolic OH excluding ortho intramolecular Hbond substituents is 1. The molecule has 1 rings (SSSR count). The molecule has 0 heterocycles. The Bertz CT molecular complexity index is 234. The van der Waals surface area contributed by atoms with E-state index >= 15 is 0 Å². The van der Waals surface area contributed by atoms with Gasteiger partial charge in [-0.15, -0.1) is 0 Å². The summed E-state index contributed by atoms with van der Waals surface area (Å²) >= 11 is 22.3. The maximum Gasteiger partial charge on any atom is 0.156 e. The first-order valence-corrected chi connectivity index (χ1v) is 4.28. The molecule has 1 aromatic rings. The lowest BCUT2D eigenvalue weighted by atomic mass is 10.3.